The van der Waals surface area contributed by atoms with E-state index in [1.807, 2.05) is 18.2 Å². The summed E-state index contributed by atoms with van der Waals surface area (Å²) in [6.07, 6.45) is 2.88. The molecule has 1 aromatic carbocycles. The quantitative estimate of drug-likeness (QED) is 0.867. The highest BCUT2D eigenvalue weighted by Gasteiger charge is 2.28. The number of aliphatic hydroxyl groups excluding tert-OH is 1. The second-order valence-electron chi connectivity index (χ2n) is 5.37. The Bertz CT molecular complexity index is 422. The monoisotopic (exact) mass is 276 g/mol. The van der Waals surface area contributed by atoms with Crippen molar-refractivity contribution < 1.29 is 9.90 Å². The van der Waals surface area contributed by atoms with E-state index in [1.54, 1.807) is 4.90 Å². The lowest BCUT2D eigenvalue weighted by Gasteiger charge is -2.25. The summed E-state index contributed by atoms with van der Waals surface area (Å²) in [4.78, 5) is 13.9. The van der Waals surface area contributed by atoms with Crippen molar-refractivity contribution in [3.8, 4) is 0 Å². The number of rotatable bonds is 5. The second kappa shape index (κ2) is 7.29. The Labute approximate surface area is 120 Å². The van der Waals surface area contributed by atoms with Gasteiger partial charge in [0.1, 0.15) is 0 Å². The largest absolute Gasteiger partial charge is 0.394 e. The fourth-order valence-corrected chi connectivity index (χ4v) is 2.83. The number of carbonyl (C=O) groups excluding carboxylic acids is 1. The molecule has 1 aromatic rings. The fraction of sp³-hybridized carbons (Fsp3) is 0.562. The van der Waals surface area contributed by atoms with Crippen molar-refractivity contribution >= 4 is 6.03 Å². The molecule has 2 unspecified atom stereocenters. The van der Waals surface area contributed by atoms with Gasteiger partial charge in [-0.3, -0.25) is 0 Å². The summed E-state index contributed by atoms with van der Waals surface area (Å²) < 4.78 is 0. The molecular formula is C16H24N2O2. The summed E-state index contributed by atoms with van der Waals surface area (Å²) in [5.41, 5.74) is 1.26. The van der Waals surface area contributed by atoms with Crippen molar-refractivity contribution in [3.05, 3.63) is 35.9 Å². The molecular weight excluding hydrogens is 252 g/mol. The highest BCUT2D eigenvalue weighted by Crippen LogP contribution is 2.19. The molecule has 0 saturated carbocycles. The zero-order chi connectivity index (χ0) is 14.4. The molecule has 2 amide bonds. The fourth-order valence-electron chi connectivity index (χ4n) is 2.83. The Morgan fingerprint density at radius 2 is 2.20 bits per heavy atom. The Hall–Kier alpha value is -1.55. The molecule has 2 atom stereocenters. The van der Waals surface area contributed by atoms with E-state index in [4.69, 9.17) is 0 Å². The van der Waals surface area contributed by atoms with Crippen LogP contribution < -0.4 is 5.32 Å². The molecule has 2 N–H and O–H groups in total. The van der Waals surface area contributed by atoms with Crippen LogP contribution in [0.2, 0.25) is 0 Å². The van der Waals surface area contributed by atoms with Gasteiger partial charge in [0.05, 0.1) is 12.6 Å². The lowest BCUT2D eigenvalue weighted by Crippen LogP contribution is -2.45. The van der Waals surface area contributed by atoms with E-state index in [0.29, 0.717) is 12.5 Å². The highest BCUT2D eigenvalue weighted by atomic mass is 16.3. The van der Waals surface area contributed by atoms with Gasteiger partial charge in [0.15, 0.2) is 0 Å². The van der Waals surface area contributed by atoms with Gasteiger partial charge in [-0.25, -0.2) is 4.79 Å². The van der Waals surface area contributed by atoms with Crippen LogP contribution in [0.1, 0.15) is 37.7 Å². The Morgan fingerprint density at radius 3 is 2.85 bits per heavy atom. The molecule has 4 heteroatoms. The van der Waals surface area contributed by atoms with Crippen LogP contribution in [0, 0.1) is 0 Å². The molecule has 110 valence electrons. The Morgan fingerprint density at radius 1 is 1.45 bits per heavy atom. The summed E-state index contributed by atoms with van der Waals surface area (Å²) in [7, 11) is 0. The van der Waals surface area contributed by atoms with Gasteiger partial charge in [-0.05, 0) is 24.8 Å². The van der Waals surface area contributed by atoms with Crippen LogP contribution >= 0.6 is 0 Å². The van der Waals surface area contributed by atoms with E-state index in [1.165, 1.54) is 5.56 Å². The molecule has 20 heavy (non-hydrogen) atoms. The summed E-state index contributed by atoms with van der Waals surface area (Å²) in [5.74, 6) is 0.343. The first-order valence-electron chi connectivity index (χ1n) is 7.46. The number of likely N-dealkylation sites (tertiary alicyclic amines) is 1. The third-order valence-electron chi connectivity index (χ3n) is 4.11. The predicted molar refractivity (Wildman–Crippen MR) is 79.7 cm³/mol. The maximum Gasteiger partial charge on any atom is 0.317 e. The lowest BCUT2D eigenvalue weighted by atomic mass is 9.97. The van der Waals surface area contributed by atoms with E-state index in [2.05, 4.69) is 24.4 Å². The van der Waals surface area contributed by atoms with E-state index >= 15 is 0 Å². The van der Waals surface area contributed by atoms with Gasteiger partial charge in [0.25, 0.3) is 0 Å². The van der Waals surface area contributed by atoms with E-state index < -0.39 is 0 Å². The van der Waals surface area contributed by atoms with Crippen molar-refractivity contribution in [2.75, 3.05) is 19.7 Å². The first-order valence-corrected chi connectivity index (χ1v) is 7.46. The van der Waals surface area contributed by atoms with Gasteiger partial charge in [-0.1, -0.05) is 37.3 Å². The number of benzene rings is 1. The number of hydrogen-bond donors (Lipinski definition) is 2. The SMILES string of the molecule is CCC(CNC(=O)N1CCCC1CO)c1ccccc1. The molecule has 1 saturated heterocycles. The standard InChI is InChI=1S/C16H24N2O2/c1-2-13(14-7-4-3-5-8-14)11-17-16(20)18-10-6-9-15(18)12-19/h3-5,7-8,13,15,19H,2,6,9-12H2,1H3,(H,17,20). The number of amides is 2. The minimum atomic E-state index is -0.0454. The molecule has 0 aromatic heterocycles. The van der Waals surface area contributed by atoms with Crippen LogP contribution in [0.25, 0.3) is 0 Å². The Balaban J connectivity index is 1.88. The first kappa shape index (κ1) is 14.9. The van der Waals surface area contributed by atoms with Crippen molar-refractivity contribution in [1.29, 1.82) is 0 Å². The van der Waals surface area contributed by atoms with Gasteiger partial charge in [-0.2, -0.15) is 0 Å². The van der Waals surface area contributed by atoms with Crippen molar-refractivity contribution in [1.82, 2.24) is 10.2 Å². The average molecular weight is 276 g/mol. The molecule has 1 aliphatic heterocycles. The van der Waals surface area contributed by atoms with Crippen LogP contribution in [-0.2, 0) is 0 Å². The topological polar surface area (TPSA) is 52.6 Å². The van der Waals surface area contributed by atoms with Crippen LogP contribution in [0.3, 0.4) is 0 Å². The number of nitrogens with zero attached hydrogens (tertiary/aromatic N) is 1. The maximum absolute atomic E-state index is 12.2. The second-order valence-corrected chi connectivity index (χ2v) is 5.37. The highest BCUT2D eigenvalue weighted by molar-refractivity contribution is 5.75. The third kappa shape index (κ3) is 3.51. The van der Waals surface area contributed by atoms with Crippen molar-refractivity contribution in [3.63, 3.8) is 0 Å². The third-order valence-corrected chi connectivity index (χ3v) is 4.11. The maximum atomic E-state index is 12.2. The smallest absolute Gasteiger partial charge is 0.317 e. The number of carbonyl (C=O) groups is 1. The van der Waals surface area contributed by atoms with Crippen molar-refractivity contribution in [2.45, 2.75) is 38.1 Å². The van der Waals surface area contributed by atoms with Crippen LogP contribution in [0.5, 0.6) is 0 Å². The normalized spacial score (nSPS) is 19.9. The number of nitrogens with one attached hydrogen (secondary N) is 1. The molecule has 0 radical (unpaired) electrons. The minimum absolute atomic E-state index is 0.00759. The number of aliphatic hydroxyl groups is 1. The van der Waals surface area contributed by atoms with Gasteiger partial charge in [0.2, 0.25) is 0 Å². The molecule has 2 rings (SSSR count). The average Bonchev–Trinajstić information content (AvgIpc) is 2.97. The molecule has 0 aliphatic carbocycles. The van der Waals surface area contributed by atoms with E-state index in [0.717, 1.165) is 25.8 Å². The first-order chi connectivity index (χ1) is 9.76. The number of urea groups is 1. The predicted octanol–water partition coefficient (Wildman–Crippen LogP) is 2.35. The van der Waals surface area contributed by atoms with Crippen molar-refractivity contribution in [2.24, 2.45) is 0 Å². The Kier molecular flexibility index (Phi) is 5.41. The molecule has 1 fully saturated rings. The van der Waals surface area contributed by atoms with Gasteiger partial charge < -0.3 is 15.3 Å². The molecule has 1 aliphatic rings. The number of hydrogen-bond acceptors (Lipinski definition) is 2. The van der Waals surface area contributed by atoms with Gasteiger partial charge in [0, 0.05) is 19.0 Å². The minimum Gasteiger partial charge on any atom is -0.394 e. The summed E-state index contributed by atoms with van der Waals surface area (Å²) in [5, 5.41) is 12.3. The zero-order valence-electron chi connectivity index (χ0n) is 12.1. The van der Waals surface area contributed by atoms with E-state index in [-0.39, 0.29) is 18.7 Å². The summed E-state index contributed by atoms with van der Waals surface area (Å²) in [6.45, 7) is 3.59. The van der Waals surface area contributed by atoms with Crippen LogP contribution in [0.4, 0.5) is 4.79 Å². The molecule has 4 nitrogen and oxygen atoms in total. The van der Waals surface area contributed by atoms with Gasteiger partial charge in [-0.15, -0.1) is 0 Å². The molecule has 0 spiro atoms. The summed E-state index contributed by atoms with van der Waals surface area (Å²) in [6, 6.07) is 10.2. The lowest BCUT2D eigenvalue weighted by molar-refractivity contribution is 0.157. The van der Waals surface area contributed by atoms with Crippen LogP contribution in [-0.4, -0.2) is 41.8 Å². The van der Waals surface area contributed by atoms with Gasteiger partial charge >= 0.3 is 6.03 Å². The van der Waals surface area contributed by atoms with Crippen LogP contribution in [0.15, 0.2) is 30.3 Å². The molecule has 0 bridgehead atoms. The molecule has 1 heterocycles. The summed E-state index contributed by atoms with van der Waals surface area (Å²) >= 11 is 0. The van der Waals surface area contributed by atoms with E-state index in [9.17, 15) is 9.90 Å². The zero-order valence-corrected chi connectivity index (χ0v) is 12.1.